The number of carbonyl (C=O) groups is 1. The second kappa shape index (κ2) is 9.22. The minimum Gasteiger partial charge on any atom is -0.497 e. The molecular formula is C27H31NO6. The second-order valence-electron chi connectivity index (χ2n) is 9.24. The highest BCUT2D eigenvalue weighted by molar-refractivity contribution is 5.92. The summed E-state index contributed by atoms with van der Waals surface area (Å²) in [5.41, 5.74) is 0.949. The predicted molar refractivity (Wildman–Crippen MR) is 127 cm³/mol. The maximum Gasteiger partial charge on any atom is 0.247 e. The van der Waals surface area contributed by atoms with Crippen molar-refractivity contribution in [3.8, 4) is 23.0 Å². The fourth-order valence-corrected chi connectivity index (χ4v) is 5.66. The van der Waals surface area contributed by atoms with Crippen molar-refractivity contribution in [1.29, 1.82) is 0 Å². The van der Waals surface area contributed by atoms with Gasteiger partial charge in [-0.1, -0.05) is 18.9 Å². The van der Waals surface area contributed by atoms with E-state index >= 15 is 0 Å². The fourth-order valence-electron chi connectivity index (χ4n) is 5.66. The lowest BCUT2D eigenvalue weighted by Gasteiger charge is -2.52. The third-order valence-electron chi connectivity index (χ3n) is 7.42. The van der Waals surface area contributed by atoms with E-state index in [0.29, 0.717) is 36.0 Å². The van der Waals surface area contributed by atoms with Gasteiger partial charge in [0.2, 0.25) is 12.7 Å². The van der Waals surface area contributed by atoms with Crippen molar-refractivity contribution in [3.63, 3.8) is 0 Å². The Morgan fingerprint density at radius 1 is 1.09 bits per heavy atom. The first-order valence-electron chi connectivity index (χ1n) is 11.8. The van der Waals surface area contributed by atoms with Gasteiger partial charge >= 0.3 is 0 Å². The van der Waals surface area contributed by atoms with Gasteiger partial charge in [-0.05, 0) is 61.2 Å². The molecule has 7 nitrogen and oxygen atoms in total. The number of ether oxygens (including phenoxy) is 4. The molecule has 1 saturated heterocycles. The predicted octanol–water partition coefficient (Wildman–Crippen LogP) is 4.34. The van der Waals surface area contributed by atoms with E-state index in [4.69, 9.17) is 18.9 Å². The molecular weight excluding hydrogens is 434 g/mol. The molecule has 34 heavy (non-hydrogen) atoms. The number of benzene rings is 2. The van der Waals surface area contributed by atoms with Crippen molar-refractivity contribution in [1.82, 2.24) is 4.90 Å². The maximum atomic E-state index is 13.6. The first-order chi connectivity index (χ1) is 16.5. The number of likely N-dealkylation sites (tertiary alicyclic amines) is 1. The topological polar surface area (TPSA) is 77.5 Å². The first-order valence-corrected chi connectivity index (χ1v) is 11.8. The van der Waals surface area contributed by atoms with Gasteiger partial charge in [0, 0.05) is 24.1 Å². The molecule has 2 aromatic rings. The zero-order valence-corrected chi connectivity index (χ0v) is 19.7. The van der Waals surface area contributed by atoms with Crippen molar-refractivity contribution in [2.24, 2.45) is 5.92 Å². The lowest BCUT2D eigenvalue weighted by molar-refractivity contribution is -0.151. The van der Waals surface area contributed by atoms with Crippen molar-refractivity contribution < 1.29 is 28.8 Å². The molecule has 1 aliphatic carbocycles. The summed E-state index contributed by atoms with van der Waals surface area (Å²) in [6.07, 6.45) is 7.63. The zero-order valence-electron chi connectivity index (χ0n) is 19.7. The van der Waals surface area contributed by atoms with Gasteiger partial charge in [-0.2, -0.15) is 0 Å². The van der Waals surface area contributed by atoms with Crippen molar-refractivity contribution in [3.05, 3.63) is 53.6 Å². The van der Waals surface area contributed by atoms with Crippen LogP contribution in [0.2, 0.25) is 0 Å². The Balaban J connectivity index is 1.49. The van der Waals surface area contributed by atoms with Crippen molar-refractivity contribution in [2.45, 2.75) is 43.7 Å². The van der Waals surface area contributed by atoms with E-state index < -0.39 is 5.60 Å². The first kappa shape index (κ1) is 22.6. The van der Waals surface area contributed by atoms with Gasteiger partial charge in [0.1, 0.15) is 11.5 Å². The van der Waals surface area contributed by atoms with Gasteiger partial charge in [-0.15, -0.1) is 0 Å². The monoisotopic (exact) mass is 465 g/mol. The molecule has 1 N–H and O–H groups in total. The Morgan fingerprint density at radius 2 is 1.94 bits per heavy atom. The van der Waals surface area contributed by atoms with Crippen LogP contribution in [-0.2, 0) is 4.79 Å². The number of carbonyl (C=O) groups excluding carboxylic acids is 1. The molecule has 1 saturated carbocycles. The van der Waals surface area contributed by atoms with E-state index in [-0.39, 0.29) is 24.7 Å². The molecule has 0 radical (unpaired) electrons. The zero-order chi connectivity index (χ0) is 23.7. The summed E-state index contributed by atoms with van der Waals surface area (Å²) in [5, 5.41) is 11.6. The van der Waals surface area contributed by atoms with Crippen LogP contribution in [0.1, 0.15) is 49.3 Å². The Hall–Kier alpha value is -3.19. The van der Waals surface area contributed by atoms with Crippen LogP contribution in [-0.4, -0.2) is 49.1 Å². The number of hydrogen-bond donors (Lipinski definition) is 1. The minimum absolute atomic E-state index is 0.0705. The third-order valence-corrected chi connectivity index (χ3v) is 7.42. The average molecular weight is 466 g/mol. The van der Waals surface area contributed by atoms with E-state index in [2.05, 4.69) is 0 Å². The number of fused-ring (bicyclic) bond motifs is 2. The molecule has 0 aromatic heterocycles. The third kappa shape index (κ3) is 4.09. The molecule has 0 spiro atoms. The number of methoxy groups -OCH3 is 2. The fraction of sp³-hybridized carbons (Fsp3) is 0.444. The molecule has 2 fully saturated rings. The highest BCUT2D eigenvalue weighted by Gasteiger charge is 2.50. The largest absolute Gasteiger partial charge is 0.497 e. The smallest absolute Gasteiger partial charge is 0.247 e. The summed E-state index contributed by atoms with van der Waals surface area (Å²) in [5.74, 6) is 2.61. The number of aliphatic hydroxyl groups is 1. The molecule has 0 bridgehead atoms. The van der Waals surface area contributed by atoms with Crippen LogP contribution >= 0.6 is 0 Å². The van der Waals surface area contributed by atoms with Crippen LogP contribution in [0.3, 0.4) is 0 Å². The van der Waals surface area contributed by atoms with E-state index in [1.165, 1.54) is 0 Å². The quantitative estimate of drug-likeness (QED) is 0.662. The van der Waals surface area contributed by atoms with E-state index in [1.807, 2.05) is 41.3 Å². The van der Waals surface area contributed by atoms with Crippen molar-refractivity contribution in [2.75, 3.05) is 27.6 Å². The molecule has 2 heterocycles. The Morgan fingerprint density at radius 3 is 2.76 bits per heavy atom. The Labute approximate surface area is 199 Å². The van der Waals surface area contributed by atoms with Crippen LogP contribution < -0.4 is 18.9 Å². The molecule has 3 atom stereocenters. The molecule has 5 rings (SSSR count). The molecule has 180 valence electrons. The molecule has 2 aromatic carbocycles. The Kier molecular flexibility index (Phi) is 6.13. The van der Waals surface area contributed by atoms with E-state index in [9.17, 15) is 9.90 Å². The molecule has 7 heteroatoms. The SMILES string of the molecule is COc1ccc(OC)c([C@@H]2[C@H]3CCCC[C@]3(O)CCN2C(=O)C=Cc2ccc3c(c2)OCO3)c1. The number of rotatable bonds is 5. The standard InChI is InChI=1S/C27H31NO6/c1-31-19-8-10-22(32-2)20(16-19)26-21-5-3-4-12-27(21,30)13-14-28(26)25(29)11-7-18-6-9-23-24(15-18)34-17-33-23/h6-11,15-16,21,26,30H,3-5,12-14,17H2,1-2H3/t21-,26-,27+/m1/s1. The van der Waals surface area contributed by atoms with Gasteiger partial charge < -0.3 is 29.0 Å². The summed E-state index contributed by atoms with van der Waals surface area (Å²) < 4.78 is 22.0. The summed E-state index contributed by atoms with van der Waals surface area (Å²) in [6, 6.07) is 11.0. The number of piperidine rings is 1. The summed E-state index contributed by atoms with van der Waals surface area (Å²) in [4.78, 5) is 15.4. The van der Waals surface area contributed by atoms with Gasteiger partial charge in [0.15, 0.2) is 11.5 Å². The van der Waals surface area contributed by atoms with Gasteiger partial charge in [0.05, 0.1) is 25.9 Å². The van der Waals surface area contributed by atoms with Gasteiger partial charge in [-0.25, -0.2) is 0 Å². The Bertz CT molecular complexity index is 1100. The molecule has 3 aliphatic rings. The van der Waals surface area contributed by atoms with Gasteiger partial charge in [0.25, 0.3) is 0 Å². The lowest BCUT2D eigenvalue weighted by Crippen LogP contribution is -2.56. The molecule has 1 amide bonds. The summed E-state index contributed by atoms with van der Waals surface area (Å²) >= 11 is 0. The minimum atomic E-state index is -0.783. The number of hydrogen-bond acceptors (Lipinski definition) is 6. The van der Waals surface area contributed by atoms with E-state index in [1.54, 1.807) is 26.4 Å². The normalized spacial score (nSPS) is 25.8. The maximum absolute atomic E-state index is 13.6. The number of amides is 1. The van der Waals surface area contributed by atoms with Crippen molar-refractivity contribution >= 4 is 12.0 Å². The second-order valence-corrected chi connectivity index (χ2v) is 9.24. The number of nitrogens with zero attached hydrogens (tertiary/aromatic N) is 1. The average Bonchev–Trinajstić information content (AvgIpc) is 3.34. The van der Waals surface area contributed by atoms with Crippen LogP contribution in [0.4, 0.5) is 0 Å². The summed E-state index contributed by atoms with van der Waals surface area (Å²) in [6.45, 7) is 0.686. The highest BCUT2D eigenvalue weighted by Crippen LogP contribution is 2.51. The van der Waals surface area contributed by atoms with Gasteiger partial charge in [-0.3, -0.25) is 4.79 Å². The highest BCUT2D eigenvalue weighted by atomic mass is 16.7. The van der Waals surface area contributed by atoms with Crippen LogP contribution in [0.25, 0.3) is 6.08 Å². The van der Waals surface area contributed by atoms with Crippen LogP contribution in [0, 0.1) is 5.92 Å². The molecule has 0 unspecified atom stereocenters. The van der Waals surface area contributed by atoms with Crippen LogP contribution in [0.15, 0.2) is 42.5 Å². The molecule has 2 aliphatic heterocycles. The summed E-state index contributed by atoms with van der Waals surface area (Å²) in [7, 11) is 3.26. The lowest BCUT2D eigenvalue weighted by atomic mass is 9.66. The van der Waals surface area contributed by atoms with Crippen LogP contribution in [0.5, 0.6) is 23.0 Å². The van der Waals surface area contributed by atoms with E-state index in [0.717, 1.165) is 36.8 Å².